The maximum Gasteiger partial charge on any atom is 0.326 e. The molecule has 0 aliphatic carbocycles. The second kappa shape index (κ2) is 5.97. The number of rotatable bonds is 5. The van der Waals surface area contributed by atoms with Crippen LogP contribution in [-0.4, -0.2) is 51.7 Å². The zero-order chi connectivity index (χ0) is 13.0. The molecular formula is C11H20N2O4. The first-order valence-electron chi connectivity index (χ1n) is 5.87. The van der Waals surface area contributed by atoms with E-state index in [9.17, 15) is 14.7 Å². The Morgan fingerprint density at radius 1 is 1.53 bits per heavy atom. The fourth-order valence-corrected chi connectivity index (χ4v) is 2.04. The number of amides is 1. The average Bonchev–Trinajstić information content (AvgIpc) is 2.59. The molecule has 0 spiro atoms. The lowest BCUT2D eigenvalue weighted by molar-refractivity contribution is -0.148. The highest BCUT2D eigenvalue weighted by atomic mass is 16.4. The third-order valence-corrected chi connectivity index (χ3v) is 2.93. The van der Waals surface area contributed by atoms with Crippen LogP contribution in [-0.2, 0) is 9.59 Å². The zero-order valence-electron chi connectivity index (χ0n) is 10.0. The van der Waals surface area contributed by atoms with Crippen molar-refractivity contribution in [3.63, 3.8) is 0 Å². The molecule has 1 heterocycles. The summed E-state index contributed by atoms with van der Waals surface area (Å²) in [6.07, 6.45) is 1.07. The number of nitrogens with two attached hydrogens (primary N) is 1. The first kappa shape index (κ1) is 13.9. The van der Waals surface area contributed by atoms with Gasteiger partial charge in [-0.15, -0.1) is 0 Å². The maximum absolute atomic E-state index is 11.8. The van der Waals surface area contributed by atoms with Crippen molar-refractivity contribution in [1.82, 2.24) is 4.90 Å². The smallest absolute Gasteiger partial charge is 0.326 e. The van der Waals surface area contributed by atoms with E-state index < -0.39 is 18.1 Å². The molecule has 1 saturated heterocycles. The number of nitrogens with zero attached hydrogens (tertiary/aromatic N) is 1. The van der Waals surface area contributed by atoms with Crippen molar-refractivity contribution in [2.45, 2.75) is 50.8 Å². The molecule has 17 heavy (non-hydrogen) atoms. The van der Waals surface area contributed by atoms with Gasteiger partial charge in [0.25, 0.3) is 0 Å². The second-order valence-electron chi connectivity index (χ2n) is 4.66. The minimum Gasteiger partial charge on any atom is -0.480 e. The van der Waals surface area contributed by atoms with Crippen LogP contribution in [0.15, 0.2) is 0 Å². The van der Waals surface area contributed by atoms with Crippen molar-refractivity contribution in [3.8, 4) is 0 Å². The van der Waals surface area contributed by atoms with E-state index in [0.29, 0.717) is 6.42 Å². The maximum atomic E-state index is 11.8. The summed E-state index contributed by atoms with van der Waals surface area (Å²) in [5.41, 5.74) is 5.57. The largest absolute Gasteiger partial charge is 0.480 e. The number of aliphatic hydroxyl groups is 1. The van der Waals surface area contributed by atoms with Crippen molar-refractivity contribution >= 4 is 11.9 Å². The zero-order valence-corrected chi connectivity index (χ0v) is 10.0. The summed E-state index contributed by atoms with van der Waals surface area (Å²) in [5, 5.41) is 18.3. The Morgan fingerprint density at radius 3 is 2.71 bits per heavy atom. The van der Waals surface area contributed by atoms with E-state index in [1.807, 2.05) is 6.92 Å². The molecule has 6 nitrogen and oxygen atoms in total. The van der Waals surface area contributed by atoms with E-state index >= 15 is 0 Å². The topological polar surface area (TPSA) is 104 Å². The Labute approximate surface area is 100 Å². The molecular weight excluding hydrogens is 224 g/mol. The van der Waals surface area contributed by atoms with Crippen molar-refractivity contribution in [2.24, 2.45) is 5.73 Å². The molecule has 0 aromatic carbocycles. The standard InChI is InChI=1S/C11H20N2O4/c1-7(12)3-2-4-10(15)13-6-8(14)5-9(13)11(16)17/h7-9,14H,2-6,12H2,1H3,(H,16,17). The summed E-state index contributed by atoms with van der Waals surface area (Å²) in [5.74, 6) is -1.27. The molecule has 3 unspecified atom stereocenters. The van der Waals surface area contributed by atoms with Crippen LogP contribution < -0.4 is 5.73 Å². The van der Waals surface area contributed by atoms with E-state index in [0.717, 1.165) is 6.42 Å². The van der Waals surface area contributed by atoms with E-state index in [2.05, 4.69) is 0 Å². The fourth-order valence-electron chi connectivity index (χ4n) is 2.04. The molecule has 1 fully saturated rings. The lowest BCUT2D eigenvalue weighted by Gasteiger charge is -2.21. The van der Waals surface area contributed by atoms with Crippen LogP contribution in [0.2, 0.25) is 0 Å². The van der Waals surface area contributed by atoms with Crippen LogP contribution in [0.25, 0.3) is 0 Å². The summed E-state index contributed by atoms with van der Waals surface area (Å²) < 4.78 is 0. The molecule has 1 amide bonds. The molecule has 0 radical (unpaired) electrons. The van der Waals surface area contributed by atoms with E-state index in [-0.39, 0.29) is 31.3 Å². The molecule has 0 bridgehead atoms. The highest BCUT2D eigenvalue weighted by Gasteiger charge is 2.38. The molecule has 0 aromatic rings. The highest BCUT2D eigenvalue weighted by Crippen LogP contribution is 2.19. The molecule has 1 aliphatic rings. The third-order valence-electron chi connectivity index (χ3n) is 2.93. The van der Waals surface area contributed by atoms with Crippen LogP contribution in [0.1, 0.15) is 32.6 Å². The average molecular weight is 244 g/mol. The Kier molecular flexibility index (Phi) is 4.89. The number of carbonyl (C=O) groups is 2. The lowest BCUT2D eigenvalue weighted by Crippen LogP contribution is -2.40. The van der Waals surface area contributed by atoms with E-state index in [4.69, 9.17) is 10.8 Å². The monoisotopic (exact) mass is 244 g/mol. The molecule has 1 aliphatic heterocycles. The number of hydrogen-bond acceptors (Lipinski definition) is 4. The Hall–Kier alpha value is -1.14. The number of β-amino-alcohol motifs (C(OH)–C–C–N with tert-alkyl or cyclic N) is 1. The molecule has 1 rings (SSSR count). The number of aliphatic carboxylic acids is 1. The summed E-state index contributed by atoms with van der Waals surface area (Å²) >= 11 is 0. The summed E-state index contributed by atoms with van der Waals surface area (Å²) in [6, 6.07) is -0.838. The van der Waals surface area contributed by atoms with Gasteiger partial charge in [0, 0.05) is 25.4 Å². The van der Waals surface area contributed by atoms with Crippen LogP contribution in [0.5, 0.6) is 0 Å². The third kappa shape index (κ3) is 3.98. The normalized spacial score (nSPS) is 25.9. The lowest BCUT2D eigenvalue weighted by atomic mass is 10.1. The number of aliphatic hydroxyl groups excluding tert-OH is 1. The Balaban J connectivity index is 2.47. The van der Waals surface area contributed by atoms with Crippen LogP contribution in [0.4, 0.5) is 0 Å². The molecule has 3 atom stereocenters. The summed E-state index contributed by atoms with van der Waals surface area (Å²) in [4.78, 5) is 24.0. The minimum atomic E-state index is -1.05. The first-order valence-corrected chi connectivity index (χ1v) is 5.87. The van der Waals surface area contributed by atoms with Gasteiger partial charge in [0.1, 0.15) is 6.04 Å². The van der Waals surface area contributed by atoms with Gasteiger partial charge in [-0.1, -0.05) is 0 Å². The van der Waals surface area contributed by atoms with Gasteiger partial charge in [-0.05, 0) is 19.8 Å². The second-order valence-corrected chi connectivity index (χ2v) is 4.66. The van der Waals surface area contributed by atoms with Crippen molar-refractivity contribution in [2.75, 3.05) is 6.54 Å². The predicted octanol–water partition coefficient (Wildman–Crippen LogP) is -0.450. The molecule has 6 heteroatoms. The molecule has 4 N–H and O–H groups in total. The number of carboxylic acids is 1. The Morgan fingerprint density at radius 2 is 2.18 bits per heavy atom. The summed E-state index contributed by atoms with van der Waals surface area (Å²) in [7, 11) is 0. The van der Waals surface area contributed by atoms with Crippen molar-refractivity contribution in [3.05, 3.63) is 0 Å². The van der Waals surface area contributed by atoms with Crippen LogP contribution in [0.3, 0.4) is 0 Å². The number of hydrogen-bond donors (Lipinski definition) is 3. The number of carbonyl (C=O) groups excluding carboxylic acids is 1. The van der Waals surface area contributed by atoms with Crippen LogP contribution in [0, 0.1) is 0 Å². The highest BCUT2D eigenvalue weighted by molar-refractivity contribution is 5.84. The molecule has 0 saturated carbocycles. The van der Waals surface area contributed by atoms with Crippen LogP contribution >= 0.6 is 0 Å². The van der Waals surface area contributed by atoms with Gasteiger partial charge in [-0.2, -0.15) is 0 Å². The summed E-state index contributed by atoms with van der Waals surface area (Å²) in [6.45, 7) is 1.98. The van der Waals surface area contributed by atoms with Gasteiger partial charge >= 0.3 is 5.97 Å². The van der Waals surface area contributed by atoms with Gasteiger partial charge in [0.05, 0.1) is 6.10 Å². The Bertz CT molecular complexity index is 293. The minimum absolute atomic E-state index is 0.0437. The number of likely N-dealkylation sites (tertiary alicyclic amines) is 1. The fraction of sp³-hybridized carbons (Fsp3) is 0.818. The van der Waals surface area contributed by atoms with Crippen molar-refractivity contribution < 1.29 is 19.8 Å². The quantitative estimate of drug-likeness (QED) is 0.607. The van der Waals surface area contributed by atoms with E-state index in [1.54, 1.807) is 0 Å². The van der Waals surface area contributed by atoms with Gasteiger partial charge in [-0.25, -0.2) is 4.79 Å². The SMILES string of the molecule is CC(N)CCCC(=O)N1CC(O)CC1C(=O)O. The van der Waals surface area contributed by atoms with Gasteiger partial charge in [0.15, 0.2) is 0 Å². The van der Waals surface area contributed by atoms with Gasteiger partial charge in [0.2, 0.25) is 5.91 Å². The molecule has 0 aromatic heterocycles. The first-order chi connectivity index (χ1) is 7.91. The van der Waals surface area contributed by atoms with Gasteiger partial charge < -0.3 is 20.8 Å². The van der Waals surface area contributed by atoms with Crippen molar-refractivity contribution in [1.29, 1.82) is 0 Å². The van der Waals surface area contributed by atoms with E-state index in [1.165, 1.54) is 4.90 Å². The van der Waals surface area contributed by atoms with Gasteiger partial charge in [-0.3, -0.25) is 4.79 Å². The number of carboxylic acid groups (broad SMARTS) is 1. The molecule has 98 valence electrons. The predicted molar refractivity (Wildman–Crippen MR) is 61.3 cm³/mol.